The van der Waals surface area contributed by atoms with E-state index in [1.807, 2.05) is 60.7 Å². The lowest BCUT2D eigenvalue weighted by molar-refractivity contribution is 0.104. The van der Waals surface area contributed by atoms with Gasteiger partial charge in [0.05, 0.1) is 59.5 Å². The molecule has 3 unspecified atom stereocenters. The van der Waals surface area contributed by atoms with Gasteiger partial charge in [-0.05, 0) is 39.4 Å². The summed E-state index contributed by atoms with van der Waals surface area (Å²) in [5, 5.41) is 0. The van der Waals surface area contributed by atoms with Crippen molar-refractivity contribution >= 4 is 18.2 Å². The van der Waals surface area contributed by atoms with E-state index in [2.05, 4.69) is 50.1 Å². The first kappa shape index (κ1) is 31.6. The smallest absolute Gasteiger partial charge is 0.104 e. The Kier molecular flexibility index (Phi) is 13.2. The highest BCUT2D eigenvalue weighted by molar-refractivity contribution is 5.51. The van der Waals surface area contributed by atoms with E-state index < -0.39 is 0 Å². The third-order valence-corrected chi connectivity index (χ3v) is 6.59. The normalized spacial score (nSPS) is 19.3. The SMILES string of the molecule is C=Cc1ccc(COCC2CO2)cc1.C=Cc1cccc(COCC2CO2)c1.C=Cc1ccccc1COCC1CO1. The summed E-state index contributed by atoms with van der Waals surface area (Å²) in [5.74, 6) is 0. The Morgan fingerprint density at radius 3 is 1.67 bits per heavy atom. The highest BCUT2D eigenvalue weighted by atomic mass is 16.6. The van der Waals surface area contributed by atoms with Gasteiger partial charge < -0.3 is 28.4 Å². The summed E-state index contributed by atoms with van der Waals surface area (Å²) in [6, 6.07) is 24.5. The van der Waals surface area contributed by atoms with Gasteiger partial charge in [0, 0.05) is 0 Å². The van der Waals surface area contributed by atoms with Crippen LogP contribution in [0.3, 0.4) is 0 Å². The topological polar surface area (TPSA) is 65.3 Å². The van der Waals surface area contributed by atoms with Crippen molar-refractivity contribution in [1.82, 2.24) is 0 Å². The number of hydrogen-bond acceptors (Lipinski definition) is 6. The summed E-state index contributed by atoms with van der Waals surface area (Å²) in [6.45, 7) is 17.8. The van der Waals surface area contributed by atoms with Gasteiger partial charge >= 0.3 is 0 Å². The van der Waals surface area contributed by atoms with Crippen molar-refractivity contribution in [1.29, 1.82) is 0 Å². The zero-order valence-electron chi connectivity index (χ0n) is 24.3. The number of ether oxygens (including phenoxy) is 6. The molecule has 0 spiro atoms. The van der Waals surface area contributed by atoms with Gasteiger partial charge in [-0.2, -0.15) is 0 Å². The van der Waals surface area contributed by atoms with Crippen molar-refractivity contribution < 1.29 is 28.4 Å². The molecule has 6 nitrogen and oxygen atoms in total. The number of rotatable bonds is 15. The van der Waals surface area contributed by atoms with Crippen molar-refractivity contribution in [2.45, 2.75) is 38.1 Å². The van der Waals surface area contributed by atoms with Gasteiger partial charge in [0.1, 0.15) is 18.3 Å². The average Bonchev–Trinajstić information content (AvgIpc) is 3.87. The van der Waals surface area contributed by atoms with Crippen molar-refractivity contribution in [3.8, 4) is 0 Å². The molecule has 0 radical (unpaired) electrons. The van der Waals surface area contributed by atoms with E-state index in [4.69, 9.17) is 28.4 Å². The lowest BCUT2D eigenvalue weighted by Gasteiger charge is -2.05. The largest absolute Gasteiger partial charge is 0.374 e. The molecule has 3 aromatic carbocycles. The van der Waals surface area contributed by atoms with Crippen LogP contribution in [0.5, 0.6) is 0 Å². The first-order chi connectivity index (χ1) is 20.7. The van der Waals surface area contributed by atoms with E-state index >= 15 is 0 Å². The van der Waals surface area contributed by atoms with Crippen LogP contribution in [0, 0.1) is 0 Å². The molecule has 3 atom stereocenters. The van der Waals surface area contributed by atoms with E-state index in [0.29, 0.717) is 58.0 Å². The average molecular weight is 571 g/mol. The fourth-order valence-corrected chi connectivity index (χ4v) is 3.83. The van der Waals surface area contributed by atoms with Crippen LogP contribution in [0.25, 0.3) is 18.2 Å². The molecule has 0 bridgehead atoms. The molecular formula is C36H42O6. The van der Waals surface area contributed by atoms with E-state index in [-0.39, 0.29) is 0 Å². The molecule has 0 saturated carbocycles. The molecule has 3 aromatic rings. The first-order valence-electron chi connectivity index (χ1n) is 14.4. The minimum absolute atomic E-state index is 0.339. The van der Waals surface area contributed by atoms with Crippen LogP contribution in [-0.4, -0.2) is 58.0 Å². The third-order valence-electron chi connectivity index (χ3n) is 6.59. The first-order valence-corrected chi connectivity index (χ1v) is 14.4. The maximum absolute atomic E-state index is 5.51. The summed E-state index contributed by atoms with van der Waals surface area (Å²) in [7, 11) is 0. The zero-order chi connectivity index (χ0) is 29.4. The molecule has 42 heavy (non-hydrogen) atoms. The minimum atomic E-state index is 0.339. The molecule has 6 heteroatoms. The molecule has 3 fully saturated rings. The van der Waals surface area contributed by atoms with Gasteiger partial charge in [0.15, 0.2) is 0 Å². The Labute approximate surface area is 250 Å². The Balaban J connectivity index is 0.000000145. The molecule has 3 aliphatic rings. The van der Waals surface area contributed by atoms with Crippen LogP contribution < -0.4 is 0 Å². The lowest BCUT2D eigenvalue weighted by Crippen LogP contribution is -2.02. The van der Waals surface area contributed by atoms with Crippen LogP contribution in [0.2, 0.25) is 0 Å². The minimum Gasteiger partial charge on any atom is -0.374 e. The monoisotopic (exact) mass is 570 g/mol. The van der Waals surface area contributed by atoms with Crippen molar-refractivity contribution in [3.05, 3.63) is 126 Å². The fraction of sp³-hybridized carbons (Fsp3) is 0.333. The van der Waals surface area contributed by atoms with Gasteiger partial charge in [0.2, 0.25) is 0 Å². The molecule has 3 aliphatic heterocycles. The Bertz CT molecular complexity index is 1240. The maximum Gasteiger partial charge on any atom is 0.104 e. The van der Waals surface area contributed by atoms with Crippen molar-refractivity contribution in [2.75, 3.05) is 39.6 Å². The maximum atomic E-state index is 5.51. The number of epoxide rings is 3. The second-order valence-corrected chi connectivity index (χ2v) is 10.2. The molecule has 0 aromatic heterocycles. The Hall–Kier alpha value is -3.36. The molecule has 3 heterocycles. The van der Waals surface area contributed by atoms with Crippen LogP contribution in [0.1, 0.15) is 33.4 Å². The van der Waals surface area contributed by atoms with Crippen molar-refractivity contribution in [2.24, 2.45) is 0 Å². The van der Waals surface area contributed by atoms with Gasteiger partial charge in [-0.1, -0.05) is 105 Å². The molecule has 0 amide bonds. The predicted molar refractivity (Wildman–Crippen MR) is 168 cm³/mol. The third kappa shape index (κ3) is 12.7. The zero-order valence-corrected chi connectivity index (χ0v) is 24.3. The highest BCUT2D eigenvalue weighted by Crippen LogP contribution is 2.15. The van der Waals surface area contributed by atoms with Crippen LogP contribution in [0.4, 0.5) is 0 Å². The van der Waals surface area contributed by atoms with Crippen LogP contribution in [-0.2, 0) is 48.2 Å². The second kappa shape index (κ2) is 17.6. The van der Waals surface area contributed by atoms with E-state index in [0.717, 1.165) is 36.5 Å². The quantitative estimate of drug-likeness (QED) is 0.189. The van der Waals surface area contributed by atoms with Crippen LogP contribution in [0.15, 0.2) is 92.5 Å². The predicted octanol–water partition coefficient (Wildman–Crippen LogP) is 6.74. The molecule has 3 saturated heterocycles. The lowest BCUT2D eigenvalue weighted by atomic mass is 10.1. The molecule has 6 rings (SSSR count). The molecule has 222 valence electrons. The number of hydrogen-bond donors (Lipinski definition) is 0. The van der Waals surface area contributed by atoms with E-state index in [1.165, 1.54) is 16.7 Å². The van der Waals surface area contributed by atoms with Crippen molar-refractivity contribution in [3.63, 3.8) is 0 Å². The molecular weight excluding hydrogens is 528 g/mol. The second-order valence-electron chi connectivity index (χ2n) is 10.2. The summed E-state index contributed by atoms with van der Waals surface area (Å²) in [4.78, 5) is 0. The highest BCUT2D eigenvalue weighted by Gasteiger charge is 2.23. The summed E-state index contributed by atoms with van der Waals surface area (Å²) in [5.41, 5.74) is 6.97. The summed E-state index contributed by atoms with van der Waals surface area (Å²) < 4.78 is 31.6. The van der Waals surface area contributed by atoms with Crippen LogP contribution >= 0.6 is 0 Å². The van der Waals surface area contributed by atoms with Gasteiger partial charge in [-0.25, -0.2) is 0 Å². The van der Waals surface area contributed by atoms with Gasteiger partial charge in [0.25, 0.3) is 0 Å². The van der Waals surface area contributed by atoms with Gasteiger partial charge in [-0.15, -0.1) is 0 Å². The molecule has 0 N–H and O–H groups in total. The summed E-state index contributed by atoms with van der Waals surface area (Å²) in [6.07, 6.45) is 6.56. The Morgan fingerprint density at radius 2 is 1.12 bits per heavy atom. The Morgan fingerprint density at radius 1 is 0.571 bits per heavy atom. The fourth-order valence-electron chi connectivity index (χ4n) is 3.83. The van der Waals surface area contributed by atoms with Gasteiger partial charge in [-0.3, -0.25) is 0 Å². The van der Waals surface area contributed by atoms with E-state index in [1.54, 1.807) is 0 Å². The standard InChI is InChI=1S/3C12H14O2/c1-2-10-3-5-11(6-4-10)7-13-8-12-9-14-12;1-2-10-4-3-5-11(6-10)7-13-8-12-9-14-12;1-2-10-5-3-4-6-11(10)7-13-8-12-9-14-12/h3*2-6,12H,1,7-9H2. The summed E-state index contributed by atoms with van der Waals surface area (Å²) >= 11 is 0. The molecule has 0 aliphatic carbocycles. The number of benzene rings is 3. The van der Waals surface area contributed by atoms with E-state index in [9.17, 15) is 0 Å².